The lowest BCUT2D eigenvalue weighted by Crippen LogP contribution is -2.13. The summed E-state index contributed by atoms with van der Waals surface area (Å²) in [6.45, 7) is 2.44. The van der Waals surface area contributed by atoms with Crippen molar-refractivity contribution < 1.29 is 9.47 Å². The lowest BCUT2D eigenvalue weighted by Gasteiger charge is -2.08. The highest BCUT2D eigenvalue weighted by Crippen LogP contribution is 2.21. The van der Waals surface area contributed by atoms with Crippen LogP contribution in [0.1, 0.15) is 18.9 Å². The van der Waals surface area contributed by atoms with E-state index in [9.17, 15) is 0 Å². The molecular formula is C13H14N6O2. The zero-order valence-electron chi connectivity index (χ0n) is 11.4. The van der Waals surface area contributed by atoms with Crippen LogP contribution in [-0.2, 0) is 0 Å². The fraction of sp³-hybridized carbons (Fsp3) is 0.231. The largest absolute Gasteiger partial charge is 0.463 e. The number of hydrogen-bond donors (Lipinski definition) is 2. The first-order valence-electron chi connectivity index (χ1n) is 6.28. The highest BCUT2D eigenvalue weighted by molar-refractivity contribution is 5.37. The van der Waals surface area contributed by atoms with Crippen molar-refractivity contribution in [3.05, 3.63) is 29.8 Å². The van der Waals surface area contributed by atoms with Crippen molar-refractivity contribution >= 4 is 5.95 Å². The van der Waals surface area contributed by atoms with Gasteiger partial charge in [-0.05, 0) is 24.6 Å². The lowest BCUT2D eigenvalue weighted by molar-refractivity contribution is 0.285. The Hall–Kier alpha value is -2.92. The summed E-state index contributed by atoms with van der Waals surface area (Å²) in [6.07, 6.45) is 0.817. The molecule has 0 saturated carbocycles. The second kappa shape index (κ2) is 7.02. The highest BCUT2D eigenvalue weighted by Gasteiger charge is 2.09. The van der Waals surface area contributed by atoms with Crippen LogP contribution in [0, 0.1) is 11.3 Å². The molecule has 0 fully saturated rings. The number of ether oxygens (including phenoxy) is 2. The van der Waals surface area contributed by atoms with Gasteiger partial charge in [-0.2, -0.15) is 15.2 Å². The minimum Gasteiger partial charge on any atom is -0.463 e. The Morgan fingerprint density at radius 3 is 2.81 bits per heavy atom. The molecule has 0 saturated heterocycles. The SMILES string of the molecule is CCCOc1nc(NN)nc(Oc2cccc(C#N)c2)n1. The van der Waals surface area contributed by atoms with Crippen molar-refractivity contribution in [2.75, 3.05) is 12.0 Å². The molecule has 0 amide bonds. The van der Waals surface area contributed by atoms with E-state index in [2.05, 4.69) is 20.4 Å². The van der Waals surface area contributed by atoms with E-state index >= 15 is 0 Å². The molecule has 8 heteroatoms. The molecule has 0 radical (unpaired) electrons. The molecule has 1 heterocycles. The fourth-order valence-corrected chi connectivity index (χ4v) is 1.44. The van der Waals surface area contributed by atoms with Crippen LogP contribution in [0.5, 0.6) is 17.8 Å². The van der Waals surface area contributed by atoms with Crippen LogP contribution >= 0.6 is 0 Å². The molecule has 1 aromatic heterocycles. The predicted octanol–water partition coefficient (Wildman–Crippen LogP) is 1.61. The minimum atomic E-state index is 0.0270. The van der Waals surface area contributed by atoms with Crippen LogP contribution in [0.3, 0.4) is 0 Å². The Morgan fingerprint density at radius 1 is 1.29 bits per heavy atom. The van der Waals surface area contributed by atoms with Crippen molar-refractivity contribution in [3.63, 3.8) is 0 Å². The summed E-state index contributed by atoms with van der Waals surface area (Å²) in [6, 6.07) is 8.80. The number of nitrogens with two attached hydrogens (primary N) is 1. The van der Waals surface area contributed by atoms with Gasteiger partial charge in [-0.1, -0.05) is 13.0 Å². The monoisotopic (exact) mass is 286 g/mol. The molecule has 21 heavy (non-hydrogen) atoms. The van der Waals surface area contributed by atoms with Gasteiger partial charge < -0.3 is 9.47 Å². The minimum absolute atomic E-state index is 0.0270. The number of nitrogens with zero attached hydrogens (tertiary/aromatic N) is 4. The van der Waals surface area contributed by atoms with Crippen molar-refractivity contribution in [1.29, 1.82) is 5.26 Å². The average Bonchev–Trinajstić information content (AvgIpc) is 2.52. The van der Waals surface area contributed by atoms with E-state index in [1.807, 2.05) is 13.0 Å². The van der Waals surface area contributed by atoms with Crippen molar-refractivity contribution in [1.82, 2.24) is 15.0 Å². The van der Waals surface area contributed by atoms with Crippen molar-refractivity contribution in [2.24, 2.45) is 5.84 Å². The third-order valence-electron chi connectivity index (χ3n) is 2.33. The molecule has 0 unspecified atom stereocenters. The lowest BCUT2D eigenvalue weighted by atomic mass is 10.2. The number of nitriles is 1. The summed E-state index contributed by atoms with van der Waals surface area (Å²) in [5, 5.41) is 8.86. The fourth-order valence-electron chi connectivity index (χ4n) is 1.44. The Labute approximate surface area is 121 Å². The predicted molar refractivity (Wildman–Crippen MR) is 74.7 cm³/mol. The van der Waals surface area contributed by atoms with Gasteiger partial charge in [-0.15, -0.1) is 4.98 Å². The van der Waals surface area contributed by atoms with E-state index in [-0.39, 0.29) is 18.0 Å². The number of benzene rings is 1. The Kier molecular flexibility index (Phi) is 4.84. The van der Waals surface area contributed by atoms with E-state index in [1.54, 1.807) is 24.3 Å². The molecule has 8 nitrogen and oxygen atoms in total. The summed E-state index contributed by atoms with van der Waals surface area (Å²) >= 11 is 0. The number of nitrogens with one attached hydrogen (secondary N) is 1. The number of hydrogen-bond acceptors (Lipinski definition) is 8. The number of anilines is 1. The van der Waals surface area contributed by atoms with Crippen LogP contribution in [-0.4, -0.2) is 21.6 Å². The third-order valence-corrected chi connectivity index (χ3v) is 2.33. The van der Waals surface area contributed by atoms with Crippen LogP contribution in [0.25, 0.3) is 0 Å². The van der Waals surface area contributed by atoms with Crippen molar-refractivity contribution in [2.45, 2.75) is 13.3 Å². The van der Waals surface area contributed by atoms with Gasteiger partial charge in [0.2, 0.25) is 5.95 Å². The average molecular weight is 286 g/mol. The van der Waals surface area contributed by atoms with Crippen molar-refractivity contribution in [3.8, 4) is 23.8 Å². The summed E-state index contributed by atoms with van der Waals surface area (Å²) < 4.78 is 10.8. The Balaban J connectivity index is 2.23. The van der Waals surface area contributed by atoms with E-state index < -0.39 is 0 Å². The van der Waals surface area contributed by atoms with E-state index in [0.29, 0.717) is 17.9 Å². The van der Waals surface area contributed by atoms with Gasteiger partial charge >= 0.3 is 12.0 Å². The van der Waals surface area contributed by atoms with Gasteiger partial charge in [0.25, 0.3) is 0 Å². The summed E-state index contributed by atoms with van der Waals surface area (Å²) in [4.78, 5) is 11.9. The van der Waals surface area contributed by atoms with E-state index in [1.165, 1.54) is 0 Å². The van der Waals surface area contributed by atoms with Gasteiger partial charge in [-0.3, -0.25) is 5.43 Å². The quantitative estimate of drug-likeness (QED) is 0.607. The Morgan fingerprint density at radius 2 is 2.10 bits per heavy atom. The van der Waals surface area contributed by atoms with Crippen LogP contribution in [0.4, 0.5) is 5.95 Å². The van der Waals surface area contributed by atoms with Gasteiger partial charge in [0.05, 0.1) is 18.2 Å². The third kappa shape index (κ3) is 4.02. The maximum absolute atomic E-state index is 8.86. The first-order valence-corrected chi connectivity index (χ1v) is 6.28. The molecule has 0 bridgehead atoms. The second-order valence-corrected chi connectivity index (χ2v) is 3.96. The molecular weight excluding hydrogens is 272 g/mol. The van der Waals surface area contributed by atoms with Crippen LogP contribution in [0.15, 0.2) is 24.3 Å². The molecule has 2 aromatic rings. The summed E-state index contributed by atoms with van der Waals surface area (Å²) in [7, 11) is 0. The van der Waals surface area contributed by atoms with E-state index in [0.717, 1.165) is 6.42 Å². The molecule has 2 rings (SSSR count). The topological polar surface area (TPSA) is 119 Å². The maximum atomic E-state index is 8.86. The van der Waals surface area contributed by atoms with Crippen LogP contribution < -0.4 is 20.7 Å². The number of nitrogen functional groups attached to an aromatic ring is 1. The summed E-state index contributed by atoms with van der Waals surface area (Å²) in [5.41, 5.74) is 2.79. The van der Waals surface area contributed by atoms with Gasteiger partial charge in [0.15, 0.2) is 0 Å². The zero-order valence-corrected chi connectivity index (χ0v) is 11.4. The van der Waals surface area contributed by atoms with Gasteiger partial charge in [0, 0.05) is 0 Å². The first kappa shape index (κ1) is 14.5. The number of hydrazine groups is 1. The van der Waals surface area contributed by atoms with Crippen LogP contribution in [0.2, 0.25) is 0 Å². The molecule has 0 aliphatic carbocycles. The Bertz CT molecular complexity index is 655. The highest BCUT2D eigenvalue weighted by atomic mass is 16.5. The molecule has 108 valence electrons. The standard InChI is InChI=1S/C13H14N6O2/c1-2-6-20-12-16-11(19-15)17-13(18-12)21-10-5-3-4-9(7-10)8-14/h3-5,7H,2,6,15H2,1H3,(H,16,17,18,19). The van der Waals surface area contributed by atoms with Gasteiger partial charge in [-0.25, -0.2) is 5.84 Å². The smallest absolute Gasteiger partial charge is 0.330 e. The molecule has 0 aliphatic rings. The second-order valence-electron chi connectivity index (χ2n) is 3.96. The van der Waals surface area contributed by atoms with E-state index in [4.69, 9.17) is 20.6 Å². The number of rotatable bonds is 6. The first-order chi connectivity index (χ1) is 10.2. The molecule has 0 atom stereocenters. The molecule has 1 aromatic carbocycles. The molecule has 0 aliphatic heterocycles. The summed E-state index contributed by atoms with van der Waals surface area (Å²) in [5.74, 6) is 5.86. The van der Waals surface area contributed by atoms with Gasteiger partial charge in [0.1, 0.15) is 5.75 Å². The number of aromatic nitrogens is 3. The zero-order chi connectivity index (χ0) is 15.1. The normalized spacial score (nSPS) is 9.76. The maximum Gasteiger partial charge on any atom is 0.330 e. The molecule has 3 N–H and O–H groups in total. The molecule has 0 spiro atoms.